The maximum atomic E-state index is 14.4. The van der Waals surface area contributed by atoms with Crippen LogP contribution in [0.4, 0.5) is 27.6 Å². The summed E-state index contributed by atoms with van der Waals surface area (Å²) < 4.78 is 68.3. The van der Waals surface area contributed by atoms with E-state index in [4.69, 9.17) is 17.3 Å². The van der Waals surface area contributed by atoms with E-state index in [2.05, 4.69) is 5.10 Å². The van der Waals surface area contributed by atoms with Gasteiger partial charge < -0.3 is 5.73 Å². The van der Waals surface area contributed by atoms with Crippen LogP contribution in [0, 0.1) is 11.6 Å². The highest BCUT2D eigenvalue weighted by Gasteiger charge is 2.39. The minimum atomic E-state index is -4.88. The predicted molar refractivity (Wildman–Crippen MR) is 83.3 cm³/mol. The average Bonchev–Trinajstić information content (AvgIpc) is 2.88. The SMILES string of the molecule is Nc1cnn(-c2c(F)cc(F)cc2-c2cccc(Cl)c2)c1C(F)(F)F. The van der Waals surface area contributed by atoms with E-state index >= 15 is 0 Å². The fourth-order valence-corrected chi connectivity index (χ4v) is 2.66. The number of hydrogen-bond donors (Lipinski definition) is 1. The van der Waals surface area contributed by atoms with Crippen molar-refractivity contribution in [2.45, 2.75) is 6.18 Å². The van der Waals surface area contributed by atoms with Crippen molar-refractivity contribution >= 4 is 17.3 Å². The number of nitrogens with two attached hydrogens (primary N) is 1. The second-order valence-electron chi connectivity index (χ2n) is 5.15. The molecular formula is C16H9ClF5N3. The summed E-state index contributed by atoms with van der Waals surface area (Å²) in [6.07, 6.45) is -4.12. The molecule has 0 spiro atoms. The van der Waals surface area contributed by atoms with Crippen molar-refractivity contribution in [1.82, 2.24) is 9.78 Å². The molecule has 0 fully saturated rings. The monoisotopic (exact) mass is 373 g/mol. The van der Waals surface area contributed by atoms with E-state index in [0.29, 0.717) is 10.7 Å². The van der Waals surface area contributed by atoms with Gasteiger partial charge in [-0.15, -0.1) is 0 Å². The highest BCUT2D eigenvalue weighted by Crippen LogP contribution is 2.38. The van der Waals surface area contributed by atoms with Crippen molar-refractivity contribution in [3.8, 4) is 16.8 Å². The highest BCUT2D eigenvalue weighted by atomic mass is 35.5. The smallest absolute Gasteiger partial charge is 0.396 e. The molecule has 0 bridgehead atoms. The van der Waals surface area contributed by atoms with Crippen LogP contribution in [0.5, 0.6) is 0 Å². The van der Waals surface area contributed by atoms with Crippen LogP contribution in [0.2, 0.25) is 5.02 Å². The quantitative estimate of drug-likeness (QED) is 0.637. The van der Waals surface area contributed by atoms with Crippen LogP contribution >= 0.6 is 11.6 Å². The summed E-state index contributed by atoms with van der Waals surface area (Å²) in [6.45, 7) is 0. The fourth-order valence-electron chi connectivity index (χ4n) is 2.47. The molecule has 3 rings (SSSR count). The van der Waals surface area contributed by atoms with Gasteiger partial charge in [0.2, 0.25) is 0 Å². The van der Waals surface area contributed by atoms with Crippen LogP contribution in [-0.4, -0.2) is 9.78 Å². The molecule has 25 heavy (non-hydrogen) atoms. The van der Waals surface area contributed by atoms with Gasteiger partial charge in [-0.05, 0) is 23.8 Å². The van der Waals surface area contributed by atoms with Gasteiger partial charge in [0, 0.05) is 16.7 Å². The van der Waals surface area contributed by atoms with E-state index in [1.165, 1.54) is 24.3 Å². The van der Waals surface area contributed by atoms with Gasteiger partial charge in [0.05, 0.1) is 11.9 Å². The Hall–Kier alpha value is -2.61. The second kappa shape index (κ2) is 6.03. The largest absolute Gasteiger partial charge is 0.435 e. The topological polar surface area (TPSA) is 43.8 Å². The van der Waals surface area contributed by atoms with E-state index in [-0.39, 0.29) is 16.1 Å². The van der Waals surface area contributed by atoms with Crippen molar-refractivity contribution in [3.63, 3.8) is 0 Å². The molecule has 0 amide bonds. The third-order valence-corrected chi connectivity index (χ3v) is 3.68. The first kappa shape index (κ1) is 17.2. The third kappa shape index (κ3) is 3.17. The number of aromatic nitrogens is 2. The number of hydrogen-bond acceptors (Lipinski definition) is 2. The molecule has 2 N–H and O–H groups in total. The van der Waals surface area contributed by atoms with Gasteiger partial charge in [-0.3, -0.25) is 0 Å². The summed E-state index contributed by atoms with van der Waals surface area (Å²) in [5, 5.41) is 3.78. The summed E-state index contributed by atoms with van der Waals surface area (Å²) >= 11 is 5.87. The predicted octanol–water partition coefficient (Wildman–Crippen LogP) is 5.07. The lowest BCUT2D eigenvalue weighted by Crippen LogP contribution is -2.17. The number of nitrogen functional groups attached to an aromatic ring is 1. The summed E-state index contributed by atoms with van der Waals surface area (Å²) in [7, 11) is 0. The standard InChI is InChI=1S/C16H9ClF5N3/c17-9-3-1-2-8(4-9)11-5-10(18)6-12(19)14(11)25-15(16(20,21)22)13(23)7-24-25/h1-7H,23H2. The maximum Gasteiger partial charge on any atom is 0.435 e. The zero-order valence-electron chi connectivity index (χ0n) is 12.3. The normalized spacial score (nSPS) is 11.8. The Kier molecular flexibility index (Phi) is 4.16. The van der Waals surface area contributed by atoms with Gasteiger partial charge in [0.1, 0.15) is 11.5 Å². The molecule has 1 heterocycles. The van der Waals surface area contributed by atoms with Crippen LogP contribution < -0.4 is 5.73 Å². The zero-order valence-corrected chi connectivity index (χ0v) is 13.0. The molecule has 2 aromatic carbocycles. The third-order valence-electron chi connectivity index (χ3n) is 3.44. The van der Waals surface area contributed by atoms with Crippen molar-refractivity contribution in [2.24, 2.45) is 0 Å². The van der Waals surface area contributed by atoms with Crippen molar-refractivity contribution in [3.05, 3.63) is 64.9 Å². The summed E-state index contributed by atoms with van der Waals surface area (Å²) in [4.78, 5) is 0. The molecule has 1 aromatic heterocycles. The summed E-state index contributed by atoms with van der Waals surface area (Å²) in [6, 6.07) is 7.24. The first-order valence-electron chi connectivity index (χ1n) is 6.84. The van der Waals surface area contributed by atoms with Gasteiger partial charge in [-0.2, -0.15) is 18.3 Å². The Bertz CT molecular complexity index is 949. The molecule has 0 atom stereocenters. The number of rotatable bonds is 2. The zero-order chi connectivity index (χ0) is 18.4. The molecule has 0 radical (unpaired) electrons. The Morgan fingerprint density at radius 1 is 1.08 bits per heavy atom. The molecule has 0 saturated heterocycles. The van der Waals surface area contributed by atoms with E-state index in [0.717, 1.165) is 12.3 Å². The minimum absolute atomic E-state index is 0.145. The van der Waals surface area contributed by atoms with Crippen molar-refractivity contribution in [1.29, 1.82) is 0 Å². The Balaban J connectivity index is 2.35. The summed E-state index contributed by atoms with van der Waals surface area (Å²) in [5.74, 6) is -2.17. The van der Waals surface area contributed by atoms with Gasteiger partial charge in [0.15, 0.2) is 11.5 Å². The van der Waals surface area contributed by atoms with Gasteiger partial charge in [0.25, 0.3) is 0 Å². The van der Waals surface area contributed by atoms with Crippen LogP contribution in [0.15, 0.2) is 42.6 Å². The molecule has 0 aliphatic rings. The van der Waals surface area contributed by atoms with Gasteiger partial charge in [-0.1, -0.05) is 23.7 Å². The fraction of sp³-hybridized carbons (Fsp3) is 0.0625. The van der Waals surface area contributed by atoms with Crippen LogP contribution in [-0.2, 0) is 6.18 Å². The number of nitrogens with zero attached hydrogens (tertiary/aromatic N) is 2. The lowest BCUT2D eigenvalue weighted by atomic mass is 10.0. The number of benzene rings is 2. The average molecular weight is 374 g/mol. The molecule has 9 heteroatoms. The Labute approximate surface area is 143 Å². The first-order valence-corrected chi connectivity index (χ1v) is 7.22. The van der Waals surface area contributed by atoms with Crippen LogP contribution in [0.1, 0.15) is 5.69 Å². The van der Waals surface area contributed by atoms with Crippen molar-refractivity contribution in [2.75, 3.05) is 5.73 Å². The first-order chi connectivity index (χ1) is 11.7. The molecule has 0 aliphatic carbocycles. The van der Waals surface area contributed by atoms with Crippen molar-refractivity contribution < 1.29 is 22.0 Å². The number of anilines is 1. The molecule has 0 unspecified atom stereocenters. The Morgan fingerprint density at radius 3 is 2.44 bits per heavy atom. The van der Waals surface area contributed by atoms with Gasteiger partial charge >= 0.3 is 6.18 Å². The van der Waals surface area contributed by atoms with E-state index < -0.39 is 34.9 Å². The molecule has 0 saturated carbocycles. The van der Waals surface area contributed by atoms with Crippen LogP contribution in [0.3, 0.4) is 0 Å². The Morgan fingerprint density at radius 2 is 1.80 bits per heavy atom. The maximum absolute atomic E-state index is 14.4. The van der Waals surface area contributed by atoms with E-state index in [9.17, 15) is 22.0 Å². The van der Waals surface area contributed by atoms with E-state index in [1.54, 1.807) is 0 Å². The highest BCUT2D eigenvalue weighted by molar-refractivity contribution is 6.30. The molecular weight excluding hydrogens is 365 g/mol. The van der Waals surface area contributed by atoms with Gasteiger partial charge in [-0.25, -0.2) is 13.5 Å². The molecule has 3 aromatic rings. The van der Waals surface area contributed by atoms with Crippen LogP contribution in [0.25, 0.3) is 16.8 Å². The second-order valence-corrected chi connectivity index (χ2v) is 5.59. The number of alkyl halides is 3. The minimum Gasteiger partial charge on any atom is -0.396 e. The molecule has 3 nitrogen and oxygen atoms in total. The number of halogens is 6. The molecule has 0 aliphatic heterocycles. The molecule has 130 valence electrons. The lowest BCUT2D eigenvalue weighted by molar-refractivity contribution is -0.142. The summed E-state index contributed by atoms with van der Waals surface area (Å²) in [5.41, 5.74) is 2.82. The lowest BCUT2D eigenvalue weighted by Gasteiger charge is -2.16. The van der Waals surface area contributed by atoms with E-state index in [1.807, 2.05) is 0 Å².